The first-order valence-corrected chi connectivity index (χ1v) is 4.15. The molecule has 1 aromatic heterocycles. The fraction of sp³-hybridized carbons (Fsp3) is 0.500. The molecule has 0 atom stereocenters. The topological polar surface area (TPSA) is 34.9 Å². The Labute approximate surface area is 76.0 Å². The van der Waals surface area contributed by atoms with Gasteiger partial charge in [0.15, 0.2) is 0 Å². The molecule has 3 nitrogen and oxygen atoms in total. The third-order valence-corrected chi connectivity index (χ3v) is 2.05. The Bertz CT molecular complexity index is 343. The van der Waals surface area contributed by atoms with Gasteiger partial charge >= 0.3 is 0 Å². The van der Waals surface area contributed by atoms with Crippen molar-refractivity contribution in [3.05, 3.63) is 27.1 Å². The Morgan fingerprint density at radius 2 is 2.17 bits per heavy atom. The molecule has 0 amide bonds. The average Bonchev–Trinajstić information content (AvgIpc) is 2.00. The Morgan fingerprint density at radius 3 is 2.67 bits per heavy atom. The van der Waals surface area contributed by atoms with Crippen molar-refractivity contribution in [2.24, 2.45) is 0 Å². The smallest absolute Gasteiger partial charge is 0.267 e. The van der Waals surface area contributed by atoms with Crippen LogP contribution in [0.4, 0.5) is 0 Å². The highest BCUT2D eigenvalue weighted by atomic mass is 35.5. The molecule has 0 aliphatic carbocycles. The zero-order chi connectivity index (χ0) is 9.30. The lowest BCUT2D eigenvalue weighted by atomic mass is 10.3. The van der Waals surface area contributed by atoms with Crippen LogP contribution in [0.2, 0.25) is 5.02 Å². The molecule has 0 spiro atoms. The van der Waals surface area contributed by atoms with Crippen LogP contribution in [0, 0.1) is 6.92 Å². The second-order valence-corrected chi connectivity index (χ2v) is 3.37. The van der Waals surface area contributed by atoms with Crippen molar-refractivity contribution in [1.82, 2.24) is 9.78 Å². The number of hydrogen-bond donors (Lipinski definition) is 0. The molecule has 0 radical (unpaired) electrons. The standard InChI is InChI=1S/C8H11ClN2O/c1-5(2)11-8(12)6(3)7(9)4-10-11/h4-5H,1-3H3. The van der Waals surface area contributed by atoms with Crippen molar-refractivity contribution >= 4 is 11.6 Å². The maximum Gasteiger partial charge on any atom is 0.271 e. The van der Waals surface area contributed by atoms with Crippen molar-refractivity contribution in [1.29, 1.82) is 0 Å². The molecule has 1 rings (SSSR count). The summed E-state index contributed by atoms with van der Waals surface area (Å²) in [5.74, 6) is 0. The number of hydrogen-bond acceptors (Lipinski definition) is 2. The van der Waals surface area contributed by atoms with Crippen LogP contribution in [0.3, 0.4) is 0 Å². The highest BCUT2D eigenvalue weighted by Crippen LogP contribution is 2.08. The first-order valence-electron chi connectivity index (χ1n) is 3.78. The van der Waals surface area contributed by atoms with Crippen molar-refractivity contribution in [2.75, 3.05) is 0 Å². The lowest BCUT2D eigenvalue weighted by Crippen LogP contribution is -2.26. The predicted octanol–water partition coefficient (Wildman–Crippen LogP) is 1.79. The van der Waals surface area contributed by atoms with E-state index in [-0.39, 0.29) is 11.6 Å². The van der Waals surface area contributed by atoms with E-state index in [1.54, 1.807) is 6.92 Å². The summed E-state index contributed by atoms with van der Waals surface area (Å²) in [5, 5.41) is 4.34. The molecule has 0 fully saturated rings. The van der Waals surface area contributed by atoms with Gasteiger partial charge in [0.2, 0.25) is 0 Å². The van der Waals surface area contributed by atoms with Gasteiger partial charge in [-0.05, 0) is 20.8 Å². The van der Waals surface area contributed by atoms with Gasteiger partial charge in [0.1, 0.15) is 0 Å². The Kier molecular flexibility index (Phi) is 2.52. The van der Waals surface area contributed by atoms with Crippen LogP contribution in [0.1, 0.15) is 25.5 Å². The molecule has 0 bridgehead atoms. The highest BCUT2D eigenvalue weighted by Gasteiger charge is 2.06. The van der Waals surface area contributed by atoms with E-state index in [0.29, 0.717) is 10.6 Å². The number of halogens is 1. The van der Waals surface area contributed by atoms with Gasteiger partial charge in [0.05, 0.1) is 17.3 Å². The zero-order valence-electron chi connectivity index (χ0n) is 7.34. The number of aromatic nitrogens is 2. The molecule has 0 saturated carbocycles. The summed E-state index contributed by atoms with van der Waals surface area (Å²) in [6.07, 6.45) is 1.50. The first kappa shape index (κ1) is 9.26. The molecule has 66 valence electrons. The minimum Gasteiger partial charge on any atom is -0.267 e. The Balaban J connectivity index is 3.37. The molecular formula is C8H11ClN2O. The maximum absolute atomic E-state index is 11.4. The fourth-order valence-electron chi connectivity index (χ4n) is 0.904. The zero-order valence-corrected chi connectivity index (χ0v) is 8.09. The van der Waals surface area contributed by atoms with Crippen LogP contribution in [0.15, 0.2) is 11.0 Å². The van der Waals surface area contributed by atoms with Gasteiger partial charge in [0, 0.05) is 5.56 Å². The average molecular weight is 187 g/mol. The van der Waals surface area contributed by atoms with Crippen LogP contribution in [0.25, 0.3) is 0 Å². The van der Waals surface area contributed by atoms with E-state index in [1.165, 1.54) is 10.9 Å². The maximum atomic E-state index is 11.4. The number of nitrogens with zero attached hydrogens (tertiary/aromatic N) is 2. The summed E-state index contributed by atoms with van der Waals surface area (Å²) < 4.78 is 1.42. The molecule has 0 N–H and O–H groups in total. The largest absolute Gasteiger partial charge is 0.271 e. The normalized spacial score (nSPS) is 10.8. The van der Waals surface area contributed by atoms with Gasteiger partial charge in [-0.2, -0.15) is 5.10 Å². The molecule has 0 aliphatic rings. The summed E-state index contributed by atoms with van der Waals surface area (Å²) in [6.45, 7) is 5.51. The molecule has 0 saturated heterocycles. The van der Waals surface area contributed by atoms with E-state index in [1.807, 2.05) is 13.8 Å². The van der Waals surface area contributed by atoms with Crippen LogP contribution in [0.5, 0.6) is 0 Å². The third kappa shape index (κ3) is 1.50. The SMILES string of the molecule is Cc1c(Cl)cnn(C(C)C)c1=O. The molecule has 0 aromatic carbocycles. The number of rotatable bonds is 1. The van der Waals surface area contributed by atoms with E-state index in [2.05, 4.69) is 5.10 Å². The van der Waals surface area contributed by atoms with Gasteiger partial charge in [0.25, 0.3) is 5.56 Å². The summed E-state index contributed by atoms with van der Waals surface area (Å²) in [4.78, 5) is 11.4. The molecule has 4 heteroatoms. The fourth-order valence-corrected chi connectivity index (χ4v) is 1.03. The third-order valence-electron chi connectivity index (χ3n) is 1.67. The predicted molar refractivity (Wildman–Crippen MR) is 48.6 cm³/mol. The lowest BCUT2D eigenvalue weighted by Gasteiger charge is -2.08. The first-order chi connectivity index (χ1) is 5.54. The highest BCUT2D eigenvalue weighted by molar-refractivity contribution is 6.31. The van der Waals surface area contributed by atoms with E-state index < -0.39 is 0 Å². The van der Waals surface area contributed by atoms with Gasteiger partial charge in [-0.3, -0.25) is 4.79 Å². The van der Waals surface area contributed by atoms with Crippen LogP contribution in [-0.4, -0.2) is 9.78 Å². The summed E-state index contributed by atoms with van der Waals surface area (Å²) in [5.41, 5.74) is 0.442. The Hall–Kier alpha value is -0.830. The second-order valence-electron chi connectivity index (χ2n) is 2.96. The molecule has 1 aromatic rings. The van der Waals surface area contributed by atoms with Crippen molar-refractivity contribution in [3.8, 4) is 0 Å². The van der Waals surface area contributed by atoms with Crippen molar-refractivity contribution in [3.63, 3.8) is 0 Å². The summed E-state index contributed by atoms with van der Waals surface area (Å²) in [7, 11) is 0. The molecule has 1 heterocycles. The molecule has 12 heavy (non-hydrogen) atoms. The van der Waals surface area contributed by atoms with Gasteiger partial charge in [-0.25, -0.2) is 4.68 Å². The summed E-state index contributed by atoms with van der Waals surface area (Å²) >= 11 is 5.71. The van der Waals surface area contributed by atoms with Crippen LogP contribution in [-0.2, 0) is 0 Å². The monoisotopic (exact) mass is 186 g/mol. The molecule has 0 unspecified atom stereocenters. The van der Waals surface area contributed by atoms with Gasteiger partial charge < -0.3 is 0 Å². The molecule has 0 aliphatic heterocycles. The van der Waals surface area contributed by atoms with E-state index in [9.17, 15) is 4.79 Å². The molecular weight excluding hydrogens is 176 g/mol. The minimum absolute atomic E-state index is 0.0773. The quantitative estimate of drug-likeness (QED) is 0.670. The Morgan fingerprint density at radius 1 is 1.58 bits per heavy atom. The van der Waals surface area contributed by atoms with Crippen molar-refractivity contribution < 1.29 is 0 Å². The van der Waals surface area contributed by atoms with Crippen LogP contribution >= 0.6 is 11.6 Å². The van der Waals surface area contributed by atoms with Crippen LogP contribution < -0.4 is 5.56 Å². The van der Waals surface area contributed by atoms with E-state index >= 15 is 0 Å². The second kappa shape index (κ2) is 3.27. The lowest BCUT2D eigenvalue weighted by molar-refractivity contribution is 0.500. The minimum atomic E-state index is -0.113. The summed E-state index contributed by atoms with van der Waals surface area (Å²) in [6, 6.07) is 0.0773. The van der Waals surface area contributed by atoms with E-state index in [4.69, 9.17) is 11.6 Å². The van der Waals surface area contributed by atoms with Gasteiger partial charge in [-0.1, -0.05) is 11.6 Å². The van der Waals surface area contributed by atoms with E-state index in [0.717, 1.165) is 0 Å². The van der Waals surface area contributed by atoms with Crippen molar-refractivity contribution in [2.45, 2.75) is 26.8 Å². The van der Waals surface area contributed by atoms with Gasteiger partial charge in [-0.15, -0.1) is 0 Å².